The second-order valence-electron chi connectivity index (χ2n) is 7.35. The molecule has 0 fully saturated rings. The average molecular weight is 503 g/mol. The summed E-state index contributed by atoms with van der Waals surface area (Å²) in [5.41, 5.74) is 0. The quantitative estimate of drug-likeness (QED) is 0.0474. The highest BCUT2D eigenvalue weighted by molar-refractivity contribution is 4.67. The lowest BCUT2D eigenvalue weighted by Crippen LogP contribution is -2.44. The molecule has 0 atom stereocenters. The van der Waals surface area contributed by atoms with Gasteiger partial charge in [0.25, 0.3) is 0 Å². The van der Waals surface area contributed by atoms with Crippen LogP contribution in [0.5, 0.6) is 0 Å². The first-order valence-corrected chi connectivity index (χ1v) is 11.5. The molecule has 0 aromatic rings. The van der Waals surface area contributed by atoms with Crippen LogP contribution in [0, 0.1) is 0 Å². The molecule has 14 heteroatoms. The zero-order valence-electron chi connectivity index (χ0n) is 20.2. The molecule has 0 rings (SSSR count). The predicted octanol–water partition coefficient (Wildman–Crippen LogP) is -4.04. The fourth-order valence-electron chi connectivity index (χ4n) is 3.06. The van der Waals surface area contributed by atoms with Crippen molar-refractivity contribution in [2.45, 2.75) is 0 Å². The van der Waals surface area contributed by atoms with Gasteiger partial charge in [-0.15, -0.1) is 0 Å². The Hall–Kier alpha value is -0.560. The summed E-state index contributed by atoms with van der Waals surface area (Å²) < 4.78 is 20.0. The molecule has 0 saturated carbocycles. The Morgan fingerprint density at radius 2 is 0.559 bits per heavy atom. The van der Waals surface area contributed by atoms with E-state index in [2.05, 4.69) is 9.80 Å². The van der Waals surface area contributed by atoms with Gasteiger partial charge in [0, 0.05) is 65.4 Å². The Balaban J connectivity index is 4.61. The standard InChI is InChI=1S/C20H46N4O10/c25-15-23(5-3-22(8-12-32-18-28)9-13-33-19-29)4-1-21(7-11-31-17-27)2-6-24(16-26)10-14-34-20-30/h25-30H,1-20H2. The lowest BCUT2D eigenvalue weighted by atomic mass is 10.3. The highest BCUT2D eigenvalue weighted by atomic mass is 16.6. The van der Waals surface area contributed by atoms with Crippen molar-refractivity contribution in [3.05, 3.63) is 0 Å². The van der Waals surface area contributed by atoms with Gasteiger partial charge in [-0.05, 0) is 0 Å². The van der Waals surface area contributed by atoms with E-state index >= 15 is 0 Å². The smallest absolute Gasteiger partial charge is 0.143 e. The van der Waals surface area contributed by atoms with E-state index in [9.17, 15) is 10.2 Å². The first kappa shape index (κ1) is 33.4. The molecule has 0 saturated heterocycles. The topological polar surface area (TPSA) is 171 Å². The molecular formula is C20H46N4O10. The molecule has 206 valence electrons. The molecule has 0 aromatic heterocycles. The van der Waals surface area contributed by atoms with Crippen LogP contribution in [-0.4, -0.2) is 183 Å². The minimum atomic E-state index is -0.360. The molecule has 6 N–H and O–H groups in total. The third-order valence-corrected chi connectivity index (χ3v) is 5.17. The van der Waals surface area contributed by atoms with Crippen LogP contribution in [0.15, 0.2) is 0 Å². The molecule has 0 aliphatic rings. The van der Waals surface area contributed by atoms with Crippen LogP contribution >= 0.6 is 0 Å². The first-order chi connectivity index (χ1) is 16.6. The Bertz CT molecular complexity index is 408. The molecule has 0 amide bonds. The number of ether oxygens (including phenoxy) is 4. The second kappa shape index (κ2) is 25.5. The van der Waals surface area contributed by atoms with E-state index in [0.717, 1.165) is 0 Å². The average Bonchev–Trinajstić information content (AvgIpc) is 2.85. The summed E-state index contributed by atoms with van der Waals surface area (Å²) in [6.45, 7) is 5.64. The van der Waals surface area contributed by atoms with Gasteiger partial charge in [-0.1, -0.05) is 0 Å². The summed E-state index contributed by atoms with van der Waals surface area (Å²) >= 11 is 0. The molecule has 0 heterocycles. The van der Waals surface area contributed by atoms with Gasteiger partial charge in [0.1, 0.15) is 27.2 Å². The summed E-state index contributed by atoms with van der Waals surface area (Å²) in [4.78, 5) is 7.87. The lowest BCUT2D eigenvalue weighted by Gasteiger charge is -2.30. The minimum Gasteiger partial charge on any atom is -0.381 e. The monoisotopic (exact) mass is 502 g/mol. The molecular weight excluding hydrogens is 456 g/mol. The number of nitrogens with zero attached hydrogens (tertiary/aromatic N) is 4. The lowest BCUT2D eigenvalue weighted by molar-refractivity contribution is -0.0275. The van der Waals surface area contributed by atoms with Crippen molar-refractivity contribution in [1.82, 2.24) is 19.6 Å². The van der Waals surface area contributed by atoms with Crippen LogP contribution in [0.2, 0.25) is 0 Å². The van der Waals surface area contributed by atoms with Crippen molar-refractivity contribution in [3.8, 4) is 0 Å². The van der Waals surface area contributed by atoms with Crippen LogP contribution in [0.4, 0.5) is 0 Å². The normalized spacial score (nSPS) is 12.2. The zero-order valence-corrected chi connectivity index (χ0v) is 20.2. The molecule has 0 bridgehead atoms. The van der Waals surface area contributed by atoms with Gasteiger partial charge >= 0.3 is 0 Å². The number of rotatable bonds is 27. The van der Waals surface area contributed by atoms with Gasteiger partial charge in [0.05, 0.1) is 39.9 Å². The number of hydrogen-bond acceptors (Lipinski definition) is 14. The van der Waals surface area contributed by atoms with Gasteiger partial charge < -0.3 is 49.6 Å². The van der Waals surface area contributed by atoms with Crippen molar-refractivity contribution in [2.75, 3.05) is 133 Å². The fraction of sp³-hybridized carbons (Fsp3) is 1.00. The zero-order chi connectivity index (χ0) is 25.3. The van der Waals surface area contributed by atoms with Crippen molar-refractivity contribution in [3.63, 3.8) is 0 Å². The Labute approximate surface area is 202 Å². The fourth-order valence-corrected chi connectivity index (χ4v) is 3.06. The molecule has 0 aliphatic heterocycles. The summed E-state index contributed by atoms with van der Waals surface area (Å²) in [6, 6.07) is 0. The SMILES string of the molecule is OCOCCN(CO)CCN(CCOCO)CCN(CO)CCN(CCOCO)CCOCO. The van der Waals surface area contributed by atoms with Gasteiger partial charge in [0.15, 0.2) is 0 Å². The Morgan fingerprint density at radius 1 is 0.324 bits per heavy atom. The van der Waals surface area contributed by atoms with Crippen molar-refractivity contribution >= 4 is 0 Å². The van der Waals surface area contributed by atoms with Crippen LogP contribution in [0.3, 0.4) is 0 Å². The van der Waals surface area contributed by atoms with Crippen LogP contribution in [0.1, 0.15) is 0 Å². The number of hydrogen-bond donors (Lipinski definition) is 6. The van der Waals surface area contributed by atoms with E-state index < -0.39 is 0 Å². The van der Waals surface area contributed by atoms with Gasteiger partial charge in [-0.3, -0.25) is 19.6 Å². The van der Waals surface area contributed by atoms with Gasteiger partial charge in [-0.2, -0.15) is 0 Å². The second-order valence-corrected chi connectivity index (χ2v) is 7.35. The molecule has 0 spiro atoms. The van der Waals surface area contributed by atoms with Crippen LogP contribution in [-0.2, 0) is 18.9 Å². The largest absolute Gasteiger partial charge is 0.381 e. The maximum absolute atomic E-state index is 9.81. The minimum absolute atomic E-state index is 0.115. The molecule has 14 nitrogen and oxygen atoms in total. The first-order valence-electron chi connectivity index (χ1n) is 11.5. The molecule has 34 heavy (non-hydrogen) atoms. The van der Waals surface area contributed by atoms with E-state index in [-0.39, 0.29) is 40.6 Å². The van der Waals surface area contributed by atoms with Crippen molar-refractivity contribution in [2.24, 2.45) is 0 Å². The highest BCUT2D eigenvalue weighted by Gasteiger charge is 2.13. The van der Waals surface area contributed by atoms with Crippen molar-refractivity contribution in [1.29, 1.82) is 0 Å². The van der Waals surface area contributed by atoms with Crippen LogP contribution < -0.4 is 0 Å². The maximum Gasteiger partial charge on any atom is 0.143 e. The highest BCUT2D eigenvalue weighted by Crippen LogP contribution is 1.98. The molecule has 0 unspecified atom stereocenters. The Kier molecular flexibility index (Phi) is 25.1. The summed E-state index contributed by atoms with van der Waals surface area (Å²) in [5.74, 6) is 0. The van der Waals surface area contributed by atoms with Gasteiger partial charge in [0.2, 0.25) is 0 Å². The molecule has 0 radical (unpaired) electrons. The van der Waals surface area contributed by atoms with Gasteiger partial charge in [-0.25, -0.2) is 0 Å². The third-order valence-electron chi connectivity index (χ3n) is 5.17. The number of aliphatic hydroxyl groups excluding tert-OH is 6. The Morgan fingerprint density at radius 3 is 0.853 bits per heavy atom. The van der Waals surface area contributed by atoms with E-state index in [0.29, 0.717) is 91.9 Å². The van der Waals surface area contributed by atoms with Crippen molar-refractivity contribution < 1.29 is 49.6 Å². The third kappa shape index (κ3) is 19.7. The summed E-state index contributed by atoms with van der Waals surface area (Å²) in [6.07, 6.45) is 0. The van der Waals surface area contributed by atoms with Crippen LogP contribution in [0.25, 0.3) is 0 Å². The van der Waals surface area contributed by atoms with E-state index in [4.69, 9.17) is 39.4 Å². The summed E-state index contributed by atoms with van der Waals surface area (Å²) in [7, 11) is 0. The summed E-state index contributed by atoms with van der Waals surface area (Å²) in [5, 5.41) is 54.5. The molecule has 0 aliphatic carbocycles. The predicted molar refractivity (Wildman–Crippen MR) is 122 cm³/mol. The molecule has 0 aromatic carbocycles. The van der Waals surface area contributed by atoms with E-state index in [1.807, 2.05) is 4.90 Å². The van der Waals surface area contributed by atoms with E-state index in [1.54, 1.807) is 4.90 Å². The van der Waals surface area contributed by atoms with E-state index in [1.165, 1.54) is 0 Å². The number of aliphatic hydroxyl groups is 6. The maximum atomic E-state index is 9.81.